The number of benzene rings is 4. The van der Waals surface area contributed by atoms with Gasteiger partial charge in [0.15, 0.2) is 5.82 Å². The van der Waals surface area contributed by atoms with Gasteiger partial charge in [-0.3, -0.25) is 4.90 Å². The molecule has 0 unspecified atom stereocenters. The van der Waals surface area contributed by atoms with Crippen LogP contribution in [0.2, 0.25) is 5.04 Å². The molecule has 0 saturated carbocycles. The van der Waals surface area contributed by atoms with Gasteiger partial charge < -0.3 is 33.2 Å². The fourth-order valence-electron chi connectivity index (χ4n) is 11.5. The summed E-state index contributed by atoms with van der Waals surface area (Å²) in [5.74, 6) is 0.358. The van der Waals surface area contributed by atoms with Gasteiger partial charge in [0.1, 0.15) is 59.1 Å². The van der Waals surface area contributed by atoms with Crippen molar-refractivity contribution in [2.24, 2.45) is 0 Å². The minimum atomic E-state index is -4.99. The molecule has 3 aliphatic rings. The maximum atomic E-state index is 18.1. The SMILES string of the molecule is COc1ccc(CN(Cc2ccc(OC)cc2)c2cc(-c3nc4c5c(nc(OC[C@@]67CCCN6C[C@H](F)C7)nc5c3F)N(CCO[Si](c3ccccc3)(c3ccccc3)C(C)(C)C)CCO4)c(C(F)(F)F)c(C)n2)cc1. The molecule has 0 bridgehead atoms. The van der Waals surface area contributed by atoms with Crippen molar-refractivity contribution in [3.63, 3.8) is 0 Å². The highest BCUT2D eigenvalue weighted by Gasteiger charge is 2.51. The Morgan fingerprint density at radius 1 is 0.803 bits per heavy atom. The highest BCUT2D eigenvalue weighted by atomic mass is 28.4. The number of pyridine rings is 2. The van der Waals surface area contributed by atoms with Crippen LogP contribution in [-0.2, 0) is 23.7 Å². The van der Waals surface area contributed by atoms with Crippen molar-refractivity contribution in [1.82, 2.24) is 24.8 Å². The first-order valence-electron chi connectivity index (χ1n) is 25.7. The van der Waals surface area contributed by atoms with Gasteiger partial charge in [-0.15, -0.1) is 0 Å². The third-order valence-corrected chi connectivity index (χ3v) is 20.1. The lowest BCUT2D eigenvalue weighted by molar-refractivity contribution is -0.137. The number of alkyl halides is 4. The van der Waals surface area contributed by atoms with Crippen LogP contribution in [0.5, 0.6) is 23.4 Å². The summed E-state index contributed by atoms with van der Waals surface area (Å²) in [5.41, 5.74) is -2.04. The van der Waals surface area contributed by atoms with Gasteiger partial charge in [-0.25, -0.2) is 18.7 Å². The predicted octanol–water partition coefficient (Wildman–Crippen LogP) is 10.5. The van der Waals surface area contributed by atoms with E-state index in [0.717, 1.165) is 27.9 Å². The lowest BCUT2D eigenvalue weighted by Gasteiger charge is -2.43. The number of nitrogens with zero attached hydrogens (tertiary/aromatic N) is 7. The fraction of sp³-hybridized carbons (Fsp3) is 0.379. The zero-order valence-corrected chi connectivity index (χ0v) is 44.6. The van der Waals surface area contributed by atoms with E-state index < -0.39 is 48.8 Å². The van der Waals surface area contributed by atoms with Gasteiger partial charge in [-0.05, 0) is 83.2 Å². The summed E-state index contributed by atoms with van der Waals surface area (Å²) in [6, 6.07) is 36.2. The van der Waals surface area contributed by atoms with Crippen molar-refractivity contribution in [3.8, 4) is 34.6 Å². The Bertz CT molecular complexity index is 3080. The molecule has 76 heavy (non-hydrogen) atoms. The van der Waals surface area contributed by atoms with Gasteiger partial charge >= 0.3 is 12.2 Å². The summed E-state index contributed by atoms with van der Waals surface area (Å²) in [5, 5.41) is 1.93. The quantitative estimate of drug-likeness (QED) is 0.0640. The smallest absolute Gasteiger partial charge is 0.418 e. The molecule has 0 radical (unpaired) electrons. The zero-order valence-electron chi connectivity index (χ0n) is 43.6. The fourth-order valence-corrected chi connectivity index (χ4v) is 16.0. The second-order valence-electron chi connectivity index (χ2n) is 20.9. The van der Waals surface area contributed by atoms with Gasteiger partial charge in [0, 0.05) is 38.2 Å². The van der Waals surface area contributed by atoms with Crippen molar-refractivity contribution in [1.29, 1.82) is 0 Å². The zero-order chi connectivity index (χ0) is 53.4. The average Bonchev–Trinajstić information content (AvgIpc) is 3.94. The third-order valence-electron chi connectivity index (χ3n) is 15.1. The third kappa shape index (κ3) is 10.3. The Kier molecular flexibility index (Phi) is 14.7. The van der Waals surface area contributed by atoms with E-state index in [0.29, 0.717) is 24.5 Å². The molecular weight excluding hydrogens is 998 g/mol. The van der Waals surface area contributed by atoms with Crippen LogP contribution in [0, 0.1) is 12.7 Å². The highest BCUT2D eigenvalue weighted by Crippen LogP contribution is 2.46. The molecule has 2 fully saturated rings. The maximum absolute atomic E-state index is 18.1. The lowest BCUT2D eigenvalue weighted by atomic mass is 9.95. The summed E-state index contributed by atoms with van der Waals surface area (Å²) in [6.45, 7) is 9.99. The van der Waals surface area contributed by atoms with Crippen LogP contribution in [0.4, 0.5) is 33.6 Å². The number of fused-ring (bicyclic) bond motifs is 1. The summed E-state index contributed by atoms with van der Waals surface area (Å²) >= 11 is 0. The first-order chi connectivity index (χ1) is 36.5. The standard InChI is InChI=1S/C58H62F5N7O5Si/c1-38-49(58(61,62)63)46(32-47(64-38)69(34-39-18-22-42(71-5)23-19-39)35-40-20-24-43(72-6)25-21-40)51-50(60)52-48-53(67-55(66-52)74-37-57-26-13-27-70(57)36-41(59)33-57)68(28-30-73-54(48)65-51)29-31-75-76(56(2,3)4,44-14-9-7-10-15-44)45-16-11-8-12-17-45/h7-12,14-25,32,41H,13,26-31,33-37H2,1-6H3/t41-,57+/m1/s1. The molecule has 398 valence electrons. The molecule has 4 aromatic carbocycles. The van der Waals surface area contributed by atoms with E-state index in [2.05, 4.69) is 64.9 Å². The number of aromatic nitrogens is 4. The second kappa shape index (κ2) is 21.3. The van der Waals surface area contributed by atoms with Crippen LogP contribution in [-0.4, -0.2) is 105 Å². The molecule has 3 aliphatic heterocycles. The maximum Gasteiger partial charge on any atom is 0.418 e. The molecule has 18 heteroatoms. The topological polar surface area (TPSA) is 107 Å². The largest absolute Gasteiger partial charge is 0.497 e. The normalized spacial score (nSPS) is 17.8. The Hall–Kier alpha value is -6.89. The van der Waals surface area contributed by atoms with E-state index in [1.54, 1.807) is 38.5 Å². The van der Waals surface area contributed by atoms with Gasteiger partial charge in [0.05, 0.1) is 44.2 Å². The molecule has 6 heterocycles. The van der Waals surface area contributed by atoms with Crippen molar-refractivity contribution in [2.75, 3.05) is 70.0 Å². The molecule has 0 N–H and O–H groups in total. The molecule has 2 saturated heterocycles. The number of hydrogen-bond donors (Lipinski definition) is 0. The molecule has 7 aromatic rings. The summed E-state index contributed by atoms with van der Waals surface area (Å²) in [6.07, 6.45) is -4.22. The predicted molar refractivity (Wildman–Crippen MR) is 286 cm³/mol. The molecule has 10 rings (SSSR count). The Labute approximate surface area is 440 Å². The Morgan fingerprint density at radius 3 is 2.00 bits per heavy atom. The van der Waals surface area contributed by atoms with Gasteiger partial charge in [-0.2, -0.15) is 23.1 Å². The van der Waals surface area contributed by atoms with E-state index >= 15 is 22.0 Å². The monoisotopic (exact) mass is 1060 g/mol. The van der Waals surface area contributed by atoms with Crippen LogP contribution in [0.1, 0.15) is 62.4 Å². The van der Waals surface area contributed by atoms with Crippen LogP contribution in [0.25, 0.3) is 22.2 Å². The van der Waals surface area contributed by atoms with Crippen LogP contribution in [0.15, 0.2) is 115 Å². The minimum absolute atomic E-state index is 0.0130. The van der Waals surface area contributed by atoms with Crippen LogP contribution in [0.3, 0.4) is 0 Å². The second-order valence-corrected chi connectivity index (χ2v) is 25.2. The number of halogens is 5. The molecule has 2 atom stereocenters. The van der Waals surface area contributed by atoms with Gasteiger partial charge in [-0.1, -0.05) is 106 Å². The average molecular weight is 1060 g/mol. The number of hydrogen-bond acceptors (Lipinski definition) is 12. The Balaban J connectivity index is 1.10. The molecular formula is C58H62F5N7O5Si. The summed E-state index contributed by atoms with van der Waals surface area (Å²) in [4.78, 5) is 24.6. The highest BCUT2D eigenvalue weighted by molar-refractivity contribution is 6.99. The molecule has 0 aliphatic carbocycles. The van der Waals surface area contributed by atoms with E-state index in [4.69, 9.17) is 28.4 Å². The number of anilines is 2. The molecule has 0 amide bonds. The van der Waals surface area contributed by atoms with E-state index in [9.17, 15) is 0 Å². The van der Waals surface area contributed by atoms with Crippen molar-refractivity contribution in [3.05, 3.63) is 143 Å². The van der Waals surface area contributed by atoms with Crippen LogP contribution >= 0.6 is 0 Å². The first-order valence-corrected chi connectivity index (χ1v) is 27.6. The number of rotatable bonds is 17. The van der Waals surface area contributed by atoms with E-state index in [-0.39, 0.29) is 104 Å². The van der Waals surface area contributed by atoms with Crippen molar-refractivity contribution >= 4 is 41.2 Å². The van der Waals surface area contributed by atoms with E-state index in [1.807, 2.05) is 70.5 Å². The molecule has 0 spiro atoms. The van der Waals surface area contributed by atoms with Crippen molar-refractivity contribution in [2.45, 2.75) is 83.0 Å². The number of aryl methyl sites for hydroxylation is 1. The van der Waals surface area contributed by atoms with E-state index in [1.165, 1.54) is 13.0 Å². The lowest BCUT2D eigenvalue weighted by Crippen LogP contribution is -2.67. The number of methoxy groups -OCH3 is 2. The minimum Gasteiger partial charge on any atom is -0.497 e. The first kappa shape index (κ1) is 52.5. The van der Waals surface area contributed by atoms with Crippen LogP contribution < -0.4 is 39.1 Å². The van der Waals surface area contributed by atoms with Gasteiger partial charge in [0.2, 0.25) is 5.88 Å². The molecule has 12 nitrogen and oxygen atoms in total. The Morgan fingerprint density at radius 2 is 1.42 bits per heavy atom. The van der Waals surface area contributed by atoms with Gasteiger partial charge in [0.25, 0.3) is 8.32 Å². The molecule has 3 aromatic heterocycles. The summed E-state index contributed by atoms with van der Waals surface area (Å²) < 4.78 is 111. The van der Waals surface area contributed by atoms with Crippen molar-refractivity contribution < 1.29 is 45.3 Å². The number of ether oxygens (including phenoxy) is 4. The summed E-state index contributed by atoms with van der Waals surface area (Å²) in [7, 11) is 0.109.